The Bertz CT molecular complexity index is 738. The number of carbonyl (C=O) groups is 2. The van der Waals surface area contributed by atoms with Crippen LogP contribution in [-0.4, -0.2) is 34.8 Å². The van der Waals surface area contributed by atoms with Gasteiger partial charge in [0.15, 0.2) is 5.13 Å². The van der Waals surface area contributed by atoms with Crippen molar-refractivity contribution < 1.29 is 9.59 Å². The molecule has 0 atom stereocenters. The Morgan fingerprint density at radius 2 is 2.18 bits per heavy atom. The summed E-state index contributed by atoms with van der Waals surface area (Å²) < 4.78 is 1.07. The summed E-state index contributed by atoms with van der Waals surface area (Å²) in [7, 11) is 0. The first-order chi connectivity index (χ1) is 10.5. The summed E-state index contributed by atoms with van der Waals surface area (Å²) in [4.78, 5) is 30.0. The van der Waals surface area contributed by atoms with Gasteiger partial charge in [0.05, 0.1) is 16.8 Å². The molecule has 6 heteroatoms. The minimum atomic E-state index is -0.177. The van der Waals surface area contributed by atoms with Gasteiger partial charge in [-0.3, -0.25) is 9.59 Å². The zero-order valence-electron chi connectivity index (χ0n) is 12.8. The number of thiazole rings is 1. The van der Waals surface area contributed by atoms with Crippen LogP contribution in [0.15, 0.2) is 12.1 Å². The average molecular weight is 317 g/mol. The van der Waals surface area contributed by atoms with Gasteiger partial charge < -0.3 is 10.2 Å². The Balaban J connectivity index is 1.71. The van der Waals surface area contributed by atoms with E-state index in [4.69, 9.17) is 0 Å². The topological polar surface area (TPSA) is 62.3 Å². The van der Waals surface area contributed by atoms with Crippen molar-refractivity contribution in [3.8, 4) is 0 Å². The summed E-state index contributed by atoms with van der Waals surface area (Å²) in [5.41, 5.74) is 3.23. The lowest BCUT2D eigenvalue weighted by Gasteiger charge is -2.25. The van der Waals surface area contributed by atoms with Gasteiger partial charge in [-0.25, -0.2) is 4.98 Å². The summed E-state index contributed by atoms with van der Waals surface area (Å²) in [6.45, 7) is 4.86. The molecule has 0 aliphatic carbocycles. The number of nitrogens with zero attached hydrogens (tertiary/aromatic N) is 2. The standard InChI is InChI=1S/C16H19N3O2S/c1-10-7-11(2)15-12(8-10)22-16(18-15)17-13(20)9-19-6-4-3-5-14(19)21/h7-8H,3-6,9H2,1-2H3,(H,17,18,20). The first kappa shape index (κ1) is 15.0. The number of benzene rings is 1. The highest BCUT2D eigenvalue weighted by molar-refractivity contribution is 7.22. The van der Waals surface area contributed by atoms with E-state index in [0.29, 0.717) is 18.1 Å². The highest BCUT2D eigenvalue weighted by atomic mass is 32.1. The van der Waals surface area contributed by atoms with Crippen molar-refractivity contribution in [3.05, 3.63) is 23.3 Å². The summed E-state index contributed by atoms with van der Waals surface area (Å²) in [6, 6.07) is 4.16. The fraction of sp³-hybridized carbons (Fsp3) is 0.438. The second-order valence-electron chi connectivity index (χ2n) is 5.77. The van der Waals surface area contributed by atoms with Crippen LogP contribution in [0.3, 0.4) is 0 Å². The Labute approximate surface area is 133 Å². The SMILES string of the molecule is Cc1cc(C)c2nc(NC(=O)CN3CCCCC3=O)sc2c1. The molecule has 2 aromatic rings. The number of carbonyl (C=O) groups excluding carboxylic acids is 2. The maximum absolute atomic E-state index is 12.1. The molecular formula is C16H19N3O2S. The zero-order valence-corrected chi connectivity index (χ0v) is 13.6. The summed E-state index contributed by atoms with van der Waals surface area (Å²) in [6.07, 6.45) is 2.44. The molecule has 0 saturated carbocycles. The lowest BCUT2D eigenvalue weighted by molar-refractivity contribution is -0.136. The van der Waals surface area contributed by atoms with Gasteiger partial charge in [0, 0.05) is 13.0 Å². The number of aromatic nitrogens is 1. The monoisotopic (exact) mass is 317 g/mol. The predicted molar refractivity (Wildman–Crippen MR) is 88.2 cm³/mol. The predicted octanol–water partition coefficient (Wildman–Crippen LogP) is 2.86. The molecule has 3 rings (SSSR count). The minimum Gasteiger partial charge on any atom is -0.333 e. The molecule has 1 aliphatic heterocycles. The van der Waals surface area contributed by atoms with Crippen LogP contribution in [0.4, 0.5) is 5.13 Å². The van der Waals surface area contributed by atoms with E-state index in [1.807, 2.05) is 13.8 Å². The summed E-state index contributed by atoms with van der Waals surface area (Å²) in [5, 5.41) is 3.42. The number of likely N-dealkylation sites (tertiary alicyclic amines) is 1. The van der Waals surface area contributed by atoms with Crippen LogP contribution in [0.2, 0.25) is 0 Å². The molecular weight excluding hydrogens is 298 g/mol. The van der Waals surface area contributed by atoms with Crippen LogP contribution < -0.4 is 5.32 Å². The molecule has 1 N–H and O–H groups in total. The van der Waals surface area contributed by atoms with Crippen molar-refractivity contribution in [2.75, 3.05) is 18.4 Å². The highest BCUT2D eigenvalue weighted by Gasteiger charge is 2.21. The first-order valence-corrected chi connectivity index (χ1v) is 8.30. The molecule has 22 heavy (non-hydrogen) atoms. The van der Waals surface area contributed by atoms with Crippen LogP contribution in [0.1, 0.15) is 30.4 Å². The van der Waals surface area contributed by atoms with Gasteiger partial charge >= 0.3 is 0 Å². The lowest BCUT2D eigenvalue weighted by Crippen LogP contribution is -2.40. The number of hydrogen-bond donors (Lipinski definition) is 1. The van der Waals surface area contributed by atoms with Crippen LogP contribution in [0.25, 0.3) is 10.2 Å². The fourth-order valence-electron chi connectivity index (χ4n) is 2.79. The van der Waals surface area contributed by atoms with E-state index in [2.05, 4.69) is 22.4 Å². The van der Waals surface area contributed by atoms with E-state index in [9.17, 15) is 9.59 Å². The second-order valence-corrected chi connectivity index (χ2v) is 6.80. The molecule has 2 heterocycles. The molecule has 0 unspecified atom stereocenters. The smallest absolute Gasteiger partial charge is 0.245 e. The molecule has 2 amide bonds. The van der Waals surface area contributed by atoms with Gasteiger partial charge in [-0.05, 0) is 43.9 Å². The summed E-state index contributed by atoms with van der Waals surface area (Å²) in [5.74, 6) is -0.110. The van der Waals surface area contributed by atoms with E-state index >= 15 is 0 Å². The van der Waals surface area contributed by atoms with E-state index in [1.165, 1.54) is 16.9 Å². The number of fused-ring (bicyclic) bond motifs is 1. The third-order valence-electron chi connectivity index (χ3n) is 3.83. The van der Waals surface area contributed by atoms with Crippen LogP contribution >= 0.6 is 11.3 Å². The van der Waals surface area contributed by atoms with Crippen LogP contribution in [-0.2, 0) is 9.59 Å². The summed E-state index contributed by atoms with van der Waals surface area (Å²) >= 11 is 1.47. The van der Waals surface area contributed by atoms with Crippen molar-refractivity contribution in [2.24, 2.45) is 0 Å². The number of amides is 2. The van der Waals surface area contributed by atoms with Crippen molar-refractivity contribution in [2.45, 2.75) is 33.1 Å². The maximum atomic E-state index is 12.1. The van der Waals surface area contributed by atoms with E-state index in [-0.39, 0.29) is 18.4 Å². The third kappa shape index (κ3) is 3.11. The fourth-order valence-corrected chi connectivity index (χ4v) is 3.84. The molecule has 1 fully saturated rings. The highest BCUT2D eigenvalue weighted by Crippen LogP contribution is 2.29. The van der Waals surface area contributed by atoms with Gasteiger partial charge in [0.25, 0.3) is 0 Å². The van der Waals surface area contributed by atoms with Gasteiger partial charge in [0.1, 0.15) is 0 Å². The Hall–Kier alpha value is -1.95. The quantitative estimate of drug-likeness (QED) is 0.947. The normalized spacial score (nSPS) is 15.4. The molecule has 0 bridgehead atoms. The van der Waals surface area contributed by atoms with Crippen LogP contribution in [0.5, 0.6) is 0 Å². The minimum absolute atomic E-state index is 0.0668. The molecule has 0 spiro atoms. The van der Waals surface area contributed by atoms with E-state index < -0.39 is 0 Å². The number of hydrogen-bond acceptors (Lipinski definition) is 4. The zero-order chi connectivity index (χ0) is 15.7. The van der Waals surface area contributed by atoms with Gasteiger partial charge in [-0.1, -0.05) is 17.4 Å². The number of nitrogens with one attached hydrogen (secondary N) is 1. The first-order valence-electron chi connectivity index (χ1n) is 7.48. The van der Waals surface area contributed by atoms with Crippen LogP contribution in [0, 0.1) is 13.8 Å². The lowest BCUT2D eigenvalue weighted by atomic mass is 10.1. The number of anilines is 1. The van der Waals surface area contributed by atoms with Gasteiger partial charge in [0.2, 0.25) is 11.8 Å². The number of piperidine rings is 1. The van der Waals surface area contributed by atoms with E-state index in [0.717, 1.165) is 28.6 Å². The number of rotatable bonds is 3. The molecule has 1 aromatic carbocycles. The van der Waals surface area contributed by atoms with Crippen molar-refractivity contribution in [3.63, 3.8) is 0 Å². The Morgan fingerprint density at radius 3 is 2.95 bits per heavy atom. The maximum Gasteiger partial charge on any atom is 0.245 e. The van der Waals surface area contributed by atoms with Crippen molar-refractivity contribution in [1.29, 1.82) is 0 Å². The van der Waals surface area contributed by atoms with Gasteiger partial charge in [-0.2, -0.15) is 0 Å². The van der Waals surface area contributed by atoms with Gasteiger partial charge in [-0.15, -0.1) is 0 Å². The Morgan fingerprint density at radius 1 is 1.36 bits per heavy atom. The molecule has 1 saturated heterocycles. The molecule has 5 nitrogen and oxygen atoms in total. The third-order valence-corrected chi connectivity index (χ3v) is 4.75. The molecule has 1 aliphatic rings. The number of aryl methyl sites for hydroxylation is 2. The average Bonchev–Trinajstić information content (AvgIpc) is 2.84. The molecule has 1 aromatic heterocycles. The van der Waals surface area contributed by atoms with Crippen molar-refractivity contribution in [1.82, 2.24) is 9.88 Å². The van der Waals surface area contributed by atoms with E-state index in [1.54, 1.807) is 4.90 Å². The largest absolute Gasteiger partial charge is 0.333 e. The van der Waals surface area contributed by atoms with Crippen molar-refractivity contribution >= 4 is 38.5 Å². The molecule has 116 valence electrons. The second kappa shape index (κ2) is 6.04. The Kier molecular flexibility index (Phi) is 4.11. The molecule has 0 radical (unpaired) electrons.